The first-order valence-corrected chi connectivity index (χ1v) is 7.53. The summed E-state index contributed by atoms with van der Waals surface area (Å²) in [6.45, 7) is 1.78. The van der Waals surface area contributed by atoms with E-state index in [0.29, 0.717) is 6.04 Å². The second-order valence-electron chi connectivity index (χ2n) is 5.81. The van der Waals surface area contributed by atoms with Gasteiger partial charge in [-0.3, -0.25) is 9.69 Å². The molecule has 2 fully saturated rings. The normalized spacial score (nSPS) is 29.1. The summed E-state index contributed by atoms with van der Waals surface area (Å²) in [5.74, 6) is -0.224. The molecule has 0 aliphatic carbocycles. The number of ether oxygens (including phenoxy) is 1. The molecule has 3 atom stereocenters. The zero-order valence-electron chi connectivity index (χ0n) is 12.2. The van der Waals surface area contributed by atoms with Crippen LogP contribution in [0.2, 0.25) is 0 Å². The molecule has 2 aliphatic heterocycles. The van der Waals surface area contributed by atoms with E-state index in [9.17, 15) is 9.18 Å². The molecule has 0 saturated carbocycles. The Morgan fingerprint density at radius 1 is 1.33 bits per heavy atom. The quantitative estimate of drug-likeness (QED) is 0.922. The van der Waals surface area contributed by atoms with Crippen LogP contribution in [0, 0.1) is 5.82 Å². The van der Waals surface area contributed by atoms with Gasteiger partial charge in [-0.15, -0.1) is 0 Å². The second-order valence-corrected chi connectivity index (χ2v) is 5.81. The van der Waals surface area contributed by atoms with Gasteiger partial charge in [0.25, 0.3) is 0 Å². The van der Waals surface area contributed by atoms with E-state index < -0.39 is 0 Å². The zero-order valence-corrected chi connectivity index (χ0v) is 12.2. The van der Waals surface area contributed by atoms with Crippen LogP contribution in [0.3, 0.4) is 0 Å². The van der Waals surface area contributed by atoms with Crippen molar-refractivity contribution in [2.24, 2.45) is 0 Å². The first-order valence-electron chi connectivity index (χ1n) is 7.53. The number of fused-ring (bicyclic) bond motifs is 1. The average Bonchev–Trinajstić information content (AvgIpc) is 2.91. The van der Waals surface area contributed by atoms with Gasteiger partial charge in [-0.2, -0.15) is 0 Å². The van der Waals surface area contributed by atoms with Crippen molar-refractivity contribution in [2.45, 2.75) is 44.1 Å². The molecule has 4 nitrogen and oxygen atoms in total. The highest BCUT2D eigenvalue weighted by molar-refractivity contribution is 5.80. The number of nitrogens with zero attached hydrogens (tertiary/aromatic N) is 1. The third-order valence-corrected chi connectivity index (χ3v) is 4.50. The van der Waals surface area contributed by atoms with Crippen molar-refractivity contribution in [3.8, 4) is 0 Å². The zero-order chi connectivity index (χ0) is 14.8. The second kappa shape index (κ2) is 6.12. The van der Waals surface area contributed by atoms with E-state index in [2.05, 4.69) is 10.2 Å². The number of carbonyl (C=O) groups is 1. The van der Waals surface area contributed by atoms with Gasteiger partial charge in [0, 0.05) is 26.2 Å². The molecule has 0 bridgehead atoms. The Morgan fingerprint density at radius 2 is 2.10 bits per heavy atom. The average molecular weight is 292 g/mol. The van der Waals surface area contributed by atoms with Gasteiger partial charge in [-0.1, -0.05) is 12.1 Å². The third-order valence-electron chi connectivity index (χ3n) is 4.50. The Kier molecular flexibility index (Phi) is 4.22. The largest absolute Gasteiger partial charge is 0.363 e. The third kappa shape index (κ3) is 3.09. The first-order chi connectivity index (χ1) is 10.2. The SMILES string of the molecule is CNC(=O)[C@@H]1CC[C@@H]2[C@@H](CCN2Cc2ccc(F)cc2)O1. The molecule has 114 valence electrons. The minimum absolute atomic E-state index is 0.0227. The van der Waals surface area contributed by atoms with Gasteiger partial charge in [0.2, 0.25) is 5.91 Å². The van der Waals surface area contributed by atoms with E-state index >= 15 is 0 Å². The van der Waals surface area contributed by atoms with E-state index in [0.717, 1.165) is 37.9 Å². The number of amides is 1. The fourth-order valence-electron chi connectivity index (χ4n) is 3.39. The number of carbonyl (C=O) groups excluding carboxylic acids is 1. The molecule has 1 aromatic rings. The molecular formula is C16H21FN2O2. The Morgan fingerprint density at radius 3 is 2.81 bits per heavy atom. The van der Waals surface area contributed by atoms with E-state index in [4.69, 9.17) is 4.74 Å². The van der Waals surface area contributed by atoms with Crippen LogP contribution in [0.5, 0.6) is 0 Å². The molecule has 2 saturated heterocycles. The van der Waals surface area contributed by atoms with Crippen LogP contribution in [0.25, 0.3) is 0 Å². The van der Waals surface area contributed by atoms with Gasteiger partial charge in [0.15, 0.2) is 0 Å². The molecule has 1 aromatic carbocycles. The van der Waals surface area contributed by atoms with Crippen molar-refractivity contribution in [1.82, 2.24) is 10.2 Å². The monoisotopic (exact) mass is 292 g/mol. The lowest BCUT2D eigenvalue weighted by Gasteiger charge is -2.35. The summed E-state index contributed by atoms with van der Waals surface area (Å²) in [5, 5.41) is 2.66. The summed E-state index contributed by atoms with van der Waals surface area (Å²) in [6.07, 6.45) is 2.54. The fraction of sp³-hybridized carbons (Fsp3) is 0.562. The number of rotatable bonds is 3. The van der Waals surface area contributed by atoms with Crippen LogP contribution in [-0.2, 0) is 16.1 Å². The highest BCUT2D eigenvalue weighted by Gasteiger charge is 2.41. The maximum atomic E-state index is 12.9. The Labute approximate surface area is 124 Å². The number of nitrogens with one attached hydrogen (secondary N) is 1. The molecule has 2 heterocycles. The van der Waals surface area contributed by atoms with Crippen molar-refractivity contribution in [3.05, 3.63) is 35.6 Å². The minimum atomic E-state index is -0.304. The smallest absolute Gasteiger partial charge is 0.248 e. The van der Waals surface area contributed by atoms with Crippen LogP contribution >= 0.6 is 0 Å². The van der Waals surface area contributed by atoms with Gasteiger partial charge >= 0.3 is 0 Å². The lowest BCUT2D eigenvalue weighted by Crippen LogP contribution is -2.47. The highest BCUT2D eigenvalue weighted by Crippen LogP contribution is 2.32. The molecule has 5 heteroatoms. The van der Waals surface area contributed by atoms with Crippen LogP contribution in [0.4, 0.5) is 4.39 Å². The van der Waals surface area contributed by atoms with Gasteiger partial charge in [0.1, 0.15) is 11.9 Å². The van der Waals surface area contributed by atoms with Gasteiger partial charge in [0.05, 0.1) is 6.10 Å². The van der Waals surface area contributed by atoms with Crippen LogP contribution in [0.15, 0.2) is 24.3 Å². The van der Waals surface area contributed by atoms with E-state index in [1.54, 1.807) is 7.05 Å². The van der Waals surface area contributed by atoms with Crippen molar-refractivity contribution in [1.29, 1.82) is 0 Å². The summed E-state index contributed by atoms with van der Waals surface area (Å²) in [7, 11) is 1.65. The van der Waals surface area contributed by atoms with E-state index in [1.165, 1.54) is 12.1 Å². The molecule has 0 aromatic heterocycles. The summed E-state index contributed by atoms with van der Waals surface area (Å²) >= 11 is 0. The Bertz CT molecular complexity index is 506. The number of benzene rings is 1. The van der Waals surface area contributed by atoms with Gasteiger partial charge < -0.3 is 10.1 Å². The predicted octanol–water partition coefficient (Wildman–Crippen LogP) is 1.69. The van der Waals surface area contributed by atoms with Gasteiger partial charge in [-0.05, 0) is 37.0 Å². The van der Waals surface area contributed by atoms with Crippen molar-refractivity contribution in [3.63, 3.8) is 0 Å². The summed E-state index contributed by atoms with van der Waals surface area (Å²) in [5.41, 5.74) is 1.12. The number of likely N-dealkylation sites (tertiary alicyclic amines) is 1. The molecule has 2 aliphatic rings. The molecule has 1 N–H and O–H groups in total. The molecule has 0 radical (unpaired) electrons. The van der Waals surface area contributed by atoms with Crippen LogP contribution in [0.1, 0.15) is 24.8 Å². The van der Waals surface area contributed by atoms with E-state index in [-0.39, 0.29) is 23.9 Å². The van der Waals surface area contributed by atoms with Crippen LogP contribution in [-0.4, -0.2) is 42.6 Å². The molecule has 1 amide bonds. The molecule has 0 spiro atoms. The standard InChI is InChI=1S/C16H21FN2O2/c1-18-16(20)15-7-6-13-14(21-15)8-9-19(13)10-11-2-4-12(17)5-3-11/h2-5,13-15H,6-10H2,1H3,(H,18,20)/t13-,14-,15+/m1/s1. The fourth-order valence-corrected chi connectivity index (χ4v) is 3.39. The molecule has 0 unspecified atom stereocenters. The molecule has 3 rings (SSSR count). The van der Waals surface area contributed by atoms with E-state index in [1.807, 2.05) is 12.1 Å². The maximum absolute atomic E-state index is 12.9. The molecule has 21 heavy (non-hydrogen) atoms. The number of halogens is 1. The topological polar surface area (TPSA) is 41.6 Å². The van der Waals surface area contributed by atoms with Crippen molar-refractivity contribution < 1.29 is 13.9 Å². The predicted molar refractivity (Wildman–Crippen MR) is 77.2 cm³/mol. The first kappa shape index (κ1) is 14.5. The summed E-state index contributed by atoms with van der Waals surface area (Å²) < 4.78 is 18.9. The Hall–Kier alpha value is -1.46. The molecular weight excluding hydrogens is 271 g/mol. The number of hydrogen-bond acceptors (Lipinski definition) is 3. The highest BCUT2D eigenvalue weighted by atomic mass is 19.1. The summed E-state index contributed by atoms with van der Waals surface area (Å²) in [6, 6.07) is 7.04. The van der Waals surface area contributed by atoms with Crippen molar-refractivity contribution in [2.75, 3.05) is 13.6 Å². The van der Waals surface area contributed by atoms with Crippen molar-refractivity contribution >= 4 is 5.91 Å². The lowest BCUT2D eigenvalue weighted by molar-refractivity contribution is -0.143. The maximum Gasteiger partial charge on any atom is 0.248 e. The minimum Gasteiger partial charge on any atom is -0.363 e. The van der Waals surface area contributed by atoms with Gasteiger partial charge in [-0.25, -0.2) is 4.39 Å². The summed E-state index contributed by atoms with van der Waals surface area (Å²) in [4.78, 5) is 14.1. The number of likely N-dealkylation sites (N-methyl/N-ethyl adjacent to an activating group) is 1. The number of hydrogen-bond donors (Lipinski definition) is 1. The lowest BCUT2D eigenvalue weighted by atomic mass is 9.98. The van der Waals surface area contributed by atoms with Crippen LogP contribution < -0.4 is 5.32 Å². The Balaban J connectivity index is 1.61.